The summed E-state index contributed by atoms with van der Waals surface area (Å²) in [6.45, 7) is 6.92. The molecule has 2 N–H and O–H groups in total. The highest BCUT2D eigenvalue weighted by Gasteiger charge is 2.17. The molecule has 1 aliphatic carbocycles. The maximum Gasteiger partial charge on any atom is 0.237 e. The van der Waals surface area contributed by atoms with Crippen LogP contribution in [0.4, 0.5) is 0 Å². The Kier molecular flexibility index (Phi) is 5.81. The molecule has 0 heterocycles. The topological polar surface area (TPSA) is 41.1 Å². The maximum absolute atomic E-state index is 11.7. The first-order valence-electron chi connectivity index (χ1n) is 6.63. The molecule has 0 spiro atoms. The Morgan fingerprint density at radius 3 is 2.38 bits per heavy atom. The fraction of sp³-hybridized carbons (Fsp3) is 0.923. The standard InChI is InChI=1S/C13H26N2O/c1-10(2)15-13(16)11(3)14-9-12-7-5-4-6-8-12/h10-12,14H,4-9H2,1-3H3,(H,15,16). The van der Waals surface area contributed by atoms with Crippen LogP contribution >= 0.6 is 0 Å². The molecule has 1 saturated carbocycles. The fourth-order valence-electron chi connectivity index (χ4n) is 2.24. The molecule has 0 aromatic carbocycles. The van der Waals surface area contributed by atoms with Crippen LogP contribution in [0, 0.1) is 5.92 Å². The van der Waals surface area contributed by atoms with E-state index in [-0.39, 0.29) is 18.0 Å². The zero-order valence-corrected chi connectivity index (χ0v) is 10.9. The van der Waals surface area contributed by atoms with Crippen molar-refractivity contribution in [3.05, 3.63) is 0 Å². The van der Waals surface area contributed by atoms with Crippen molar-refractivity contribution < 1.29 is 4.79 Å². The molecule has 0 aromatic rings. The molecule has 1 rings (SSSR count). The maximum atomic E-state index is 11.7. The van der Waals surface area contributed by atoms with Crippen LogP contribution in [0.5, 0.6) is 0 Å². The molecule has 1 unspecified atom stereocenters. The molecule has 94 valence electrons. The number of rotatable bonds is 5. The molecule has 1 atom stereocenters. The van der Waals surface area contributed by atoms with Gasteiger partial charge in [-0.25, -0.2) is 0 Å². The Bertz CT molecular complexity index is 210. The number of carbonyl (C=O) groups excluding carboxylic acids is 1. The molecule has 0 aliphatic heterocycles. The summed E-state index contributed by atoms with van der Waals surface area (Å²) in [5.74, 6) is 0.897. The predicted octanol–water partition coefficient (Wildman–Crippen LogP) is 2.07. The monoisotopic (exact) mass is 226 g/mol. The second kappa shape index (κ2) is 6.89. The molecular weight excluding hydrogens is 200 g/mol. The van der Waals surface area contributed by atoms with E-state index in [4.69, 9.17) is 0 Å². The first-order valence-corrected chi connectivity index (χ1v) is 6.63. The Balaban J connectivity index is 2.17. The van der Waals surface area contributed by atoms with Gasteiger partial charge in [-0.05, 0) is 46.1 Å². The molecule has 0 bridgehead atoms. The highest BCUT2D eigenvalue weighted by atomic mass is 16.2. The number of nitrogens with one attached hydrogen (secondary N) is 2. The molecular formula is C13H26N2O. The second-order valence-electron chi connectivity index (χ2n) is 5.30. The van der Waals surface area contributed by atoms with E-state index in [0.717, 1.165) is 12.5 Å². The van der Waals surface area contributed by atoms with Gasteiger partial charge in [0.15, 0.2) is 0 Å². The van der Waals surface area contributed by atoms with Crippen molar-refractivity contribution in [1.82, 2.24) is 10.6 Å². The SMILES string of the molecule is CC(C)NC(=O)C(C)NCC1CCCCC1. The van der Waals surface area contributed by atoms with Gasteiger partial charge in [0.2, 0.25) is 5.91 Å². The van der Waals surface area contributed by atoms with Crippen LogP contribution in [0.1, 0.15) is 52.9 Å². The summed E-state index contributed by atoms with van der Waals surface area (Å²) in [6.07, 6.45) is 6.76. The minimum atomic E-state index is -0.0654. The van der Waals surface area contributed by atoms with Crippen molar-refractivity contribution in [1.29, 1.82) is 0 Å². The van der Waals surface area contributed by atoms with Crippen molar-refractivity contribution in [3.8, 4) is 0 Å². The second-order valence-corrected chi connectivity index (χ2v) is 5.30. The lowest BCUT2D eigenvalue weighted by atomic mass is 9.89. The zero-order valence-electron chi connectivity index (χ0n) is 10.9. The predicted molar refractivity (Wildman–Crippen MR) is 67.3 cm³/mol. The van der Waals surface area contributed by atoms with Crippen LogP contribution in [0.2, 0.25) is 0 Å². The van der Waals surface area contributed by atoms with Crippen molar-refractivity contribution >= 4 is 5.91 Å². The van der Waals surface area contributed by atoms with Gasteiger partial charge in [0.05, 0.1) is 6.04 Å². The number of amides is 1. The van der Waals surface area contributed by atoms with Gasteiger partial charge in [-0.1, -0.05) is 19.3 Å². The average Bonchev–Trinajstić information content (AvgIpc) is 2.26. The quantitative estimate of drug-likeness (QED) is 0.753. The summed E-state index contributed by atoms with van der Waals surface area (Å²) < 4.78 is 0. The minimum absolute atomic E-state index is 0.0654. The van der Waals surface area contributed by atoms with Gasteiger partial charge in [0.1, 0.15) is 0 Å². The van der Waals surface area contributed by atoms with Crippen molar-refractivity contribution in [2.75, 3.05) is 6.54 Å². The number of carbonyl (C=O) groups is 1. The first kappa shape index (κ1) is 13.5. The summed E-state index contributed by atoms with van der Waals surface area (Å²) in [5, 5.41) is 6.27. The van der Waals surface area contributed by atoms with Crippen LogP contribution in [-0.2, 0) is 4.79 Å². The van der Waals surface area contributed by atoms with Crippen molar-refractivity contribution in [2.24, 2.45) is 5.92 Å². The van der Waals surface area contributed by atoms with Gasteiger partial charge in [0.25, 0.3) is 0 Å². The summed E-state index contributed by atoms with van der Waals surface area (Å²) in [4.78, 5) is 11.7. The molecule has 3 nitrogen and oxygen atoms in total. The molecule has 1 fully saturated rings. The summed E-state index contributed by atoms with van der Waals surface area (Å²) >= 11 is 0. The molecule has 1 amide bonds. The van der Waals surface area contributed by atoms with Crippen LogP contribution in [0.25, 0.3) is 0 Å². The minimum Gasteiger partial charge on any atom is -0.353 e. The summed E-state index contributed by atoms with van der Waals surface area (Å²) in [6, 6.07) is 0.163. The fourth-order valence-corrected chi connectivity index (χ4v) is 2.24. The van der Waals surface area contributed by atoms with Gasteiger partial charge >= 0.3 is 0 Å². The van der Waals surface area contributed by atoms with Gasteiger partial charge in [-0.3, -0.25) is 4.79 Å². The van der Waals surface area contributed by atoms with Crippen LogP contribution in [0.15, 0.2) is 0 Å². The summed E-state index contributed by atoms with van der Waals surface area (Å²) in [5.41, 5.74) is 0. The number of hydrogen-bond acceptors (Lipinski definition) is 2. The third-order valence-electron chi connectivity index (χ3n) is 3.26. The normalized spacial score (nSPS) is 19.8. The Morgan fingerprint density at radius 2 is 1.81 bits per heavy atom. The molecule has 0 aromatic heterocycles. The molecule has 0 saturated heterocycles. The molecule has 1 aliphatic rings. The van der Waals surface area contributed by atoms with Gasteiger partial charge in [0, 0.05) is 6.04 Å². The third-order valence-corrected chi connectivity index (χ3v) is 3.26. The van der Waals surface area contributed by atoms with E-state index in [1.807, 2.05) is 20.8 Å². The van der Waals surface area contributed by atoms with Gasteiger partial charge in [-0.2, -0.15) is 0 Å². The van der Waals surface area contributed by atoms with Crippen molar-refractivity contribution in [2.45, 2.75) is 65.0 Å². The van der Waals surface area contributed by atoms with Gasteiger partial charge in [-0.15, -0.1) is 0 Å². The molecule has 16 heavy (non-hydrogen) atoms. The van der Waals surface area contributed by atoms with Gasteiger partial charge < -0.3 is 10.6 Å². The van der Waals surface area contributed by atoms with Crippen molar-refractivity contribution in [3.63, 3.8) is 0 Å². The lowest BCUT2D eigenvalue weighted by Gasteiger charge is -2.24. The smallest absolute Gasteiger partial charge is 0.237 e. The molecule has 3 heteroatoms. The van der Waals surface area contributed by atoms with Crippen LogP contribution in [0.3, 0.4) is 0 Å². The lowest BCUT2D eigenvalue weighted by Crippen LogP contribution is -2.46. The third kappa shape index (κ3) is 4.97. The average molecular weight is 226 g/mol. The molecule has 0 radical (unpaired) electrons. The van der Waals surface area contributed by atoms with E-state index in [1.165, 1.54) is 32.1 Å². The van der Waals surface area contributed by atoms with E-state index < -0.39 is 0 Å². The Hall–Kier alpha value is -0.570. The summed E-state index contributed by atoms with van der Waals surface area (Å²) in [7, 11) is 0. The van der Waals surface area contributed by atoms with E-state index >= 15 is 0 Å². The van der Waals surface area contributed by atoms with E-state index in [0.29, 0.717) is 0 Å². The van der Waals surface area contributed by atoms with Crippen LogP contribution in [-0.4, -0.2) is 24.5 Å². The number of hydrogen-bond donors (Lipinski definition) is 2. The first-order chi connectivity index (χ1) is 7.59. The Labute approximate surface area is 99.4 Å². The largest absolute Gasteiger partial charge is 0.353 e. The van der Waals surface area contributed by atoms with Crippen LogP contribution < -0.4 is 10.6 Å². The highest BCUT2D eigenvalue weighted by Crippen LogP contribution is 2.22. The van der Waals surface area contributed by atoms with E-state index in [9.17, 15) is 4.79 Å². The van der Waals surface area contributed by atoms with E-state index in [2.05, 4.69) is 10.6 Å². The lowest BCUT2D eigenvalue weighted by molar-refractivity contribution is -0.123. The zero-order chi connectivity index (χ0) is 12.0. The Morgan fingerprint density at radius 1 is 1.19 bits per heavy atom. The van der Waals surface area contributed by atoms with E-state index in [1.54, 1.807) is 0 Å². The highest BCUT2D eigenvalue weighted by molar-refractivity contribution is 5.81.